The molecule has 2 amide bonds. The number of primary amides is 1. The molecule has 0 bridgehead atoms. The van der Waals surface area contributed by atoms with Gasteiger partial charge in [0.15, 0.2) is 0 Å². The Bertz CT molecular complexity index is 1460. The summed E-state index contributed by atoms with van der Waals surface area (Å²) >= 11 is 0. The van der Waals surface area contributed by atoms with E-state index < -0.39 is 34.2 Å². The van der Waals surface area contributed by atoms with Crippen molar-refractivity contribution in [2.45, 2.75) is 69.7 Å². The van der Waals surface area contributed by atoms with Crippen LogP contribution in [0, 0.1) is 0 Å². The number of hydrogen-bond donors (Lipinski definition) is 3. The van der Waals surface area contributed by atoms with E-state index in [4.69, 9.17) is 15.2 Å². The zero-order valence-electron chi connectivity index (χ0n) is 23.6. The fourth-order valence-corrected chi connectivity index (χ4v) is 5.62. The maximum absolute atomic E-state index is 12.4. The molecule has 1 aliphatic rings. The van der Waals surface area contributed by atoms with Crippen LogP contribution in [0.3, 0.4) is 0 Å². The van der Waals surface area contributed by atoms with Gasteiger partial charge < -0.3 is 20.3 Å². The molecule has 2 atom stereocenters. The Labute approximate surface area is 246 Å². The summed E-state index contributed by atoms with van der Waals surface area (Å²) in [6.07, 6.45) is 7.22. The molecule has 3 aromatic rings. The molecule has 0 radical (unpaired) electrons. The van der Waals surface area contributed by atoms with Crippen LogP contribution in [-0.2, 0) is 32.4 Å². The first-order chi connectivity index (χ1) is 20.1. The minimum atomic E-state index is -3.66. The Hall–Kier alpha value is -3.96. The monoisotopic (exact) mass is 595 g/mol. The number of nitrogens with zero attached hydrogens (tertiary/aromatic N) is 1. The van der Waals surface area contributed by atoms with Crippen LogP contribution in [-0.4, -0.2) is 49.0 Å². The highest BCUT2D eigenvalue weighted by Crippen LogP contribution is 2.32. The van der Waals surface area contributed by atoms with E-state index in [9.17, 15) is 23.1 Å². The number of nitrogens with one attached hydrogen (secondary N) is 1. The molecule has 1 saturated carbocycles. The second kappa shape index (κ2) is 14.3. The Morgan fingerprint density at radius 3 is 2.43 bits per heavy atom. The highest BCUT2D eigenvalue weighted by Gasteiger charge is 2.24. The van der Waals surface area contributed by atoms with Crippen molar-refractivity contribution in [1.82, 2.24) is 9.71 Å². The minimum absolute atomic E-state index is 0.0469. The third kappa shape index (κ3) is 9.28. The summed E-state index contributed by atoms with van der Waals surface area (Å²) in [5.41, 5.74) is 9.20. The van der Waals surface area contributed by atoms with E-state index in [1.54, 1.807) is 24.4 Å². The summed E-state index contributed by atoms with van der Waals surface area (Å²) in [5, 5.41) is 10.7. The molecule has 0 aliphatic heterocycles. The largest absolute Gasteiger partial charge is 0.490 e. The quantitative estimate of drug-likeness (QED) is 0.281. The Kier molecular flexibility index (Phi) is 10.5. The van der Waals surface area contributed by atoms with Crippen molar-refractivity contribution in [3.05, 3.63) is 83.7 Å². The number of amides is 2. The molecule has 1 heterocycles. The van der Waals surface area contributed by atoms with E-state index in [0.29, 0.717) is 29.7 Å². The van der Waals surface area contributed by atoms with Gasteiger partial charge in [-0.25, -0.2) is 13.2 Å². The molecular formula is C31H37N3O7S. The standard InChI is InChI=1S/C31H37N3O7S/c1-42(38,39)34-29(35)19-24-15-14-23(18-28(24)40-26-7-3-2-4-8-26)22-12-9-21(10-13-22)11-16-27(41-31(32)37)30(36)25-6-5-17-33-20-25/h5-6,9-10,12-15,17-18,20,26-27,30,36H,2-4,7-8,11,16,19H2,1H3,(H2,32,37)(H,34,35)/t27?,30-/m1/s1. The van der Waals surface area contributed by atoms with Crippen LogP contribution < -0.4 is 15.2 Å². The smallest absolute Gasteiger partial charge is 0.404 e. The molecular weight excluding hydrogens is 558 g/mol. The number of aromatic nitrogens is 1. The topological polar surface area (TPSA) is 158 Å². The molecule has 1 aliphatic carbocycles. The lowest BCUT2D eigenvalue weighted by Gasteiger charge is -2.25. The van der Waals surface area contributed by atoms with E-state index in [1.807, 2.05) is 41.1 Å². The number of carbonyl (C=O) groups excluding carboxylic acids is 2. The zero-order valence-corrected chi connectivity index (χ0v) is 24.4. The number of pyridine rings is 1. The predicted molar refractivity (Wildman–Crippen MR) is 158 cm³/mol. The van der Waals surface area contributed by atoms with Gasteiger partial charge in [0.05, 0.1) is 18.8 Å². The van der Waals surface area contributed by atoms with E-state index >= 15 is 0 Å². The summed E-state index contributed by atoms with van der Waals surface area (Å²) in [4.78, 5) is 27.8. The molecule has 0 saturated heterocycles. The summed E-state index contributed by atoms with van der Waals surface area (Å²) in [6, 6.07) is 16.8. The van der Waals surface area contributed by atoms with Crippen LogP contribution in [0.25, 0.3) is 11.1 Å². The molecule has 10 nitrogen and oxygen atoms in total. The van der Waals surface area contributed by atoms with E-state index in [0.717, 1.165) is 48.6 Å². The van der Waals surface area contributed by atoms with Gasteiger partial charge in [0, 0.05) is 23.5 Å². The maximum atomic E-state index is 12.4. The number of aliphatic hydroxyl groups excluding tert-OH is 1. The fourth-order valence-electron chi connectivity index (χ4n) is 5.14. The number of nitrogens with two attached hydrogens (primary N) is 1. The molecule has 42 heavy (non-hydrogen) atoms. The lowest BCUT2D eigenvalue weighted by molar-refractivity contribution is -0.118. The molecule has 4 N–H and O–H groups in total. The lowest BCUT2D eigenvalue weighted by Crippen LogP contribution is -2.31. The predicted octanol–water partition coefficient (Wildman–Crippen LogP) is 4.21. The van der Waals surface area contributed by atoms with Crippen molar-refractivity contribution in [3.63, 3.8) is 0 Å². The van der Waals surface area contributed by atoms with Gasteiger partial charge in [-0.3, -0.25) is 14.5 Å². The van der Waals surface area contributed by atoms with Crippen LogP contribution in [0.4, 0.5) is 4.79 Å². The van der Waals surface area contributed by atoms with Crippen LogP contribution in [0.2, 0.25) is 0 Å². The van der Waals surface area contributed by atoms with Gasteiger partial charge in [-0.1, -0.05) is 48.9 Å². The van der Waals surface area contributed by atoms with Crippen LogP contribution >= 0.6 is 0 Å². The number of aliphatic hydroxyl groups is 1. The average molecular weight is 596 g/mol. The lowest BCUT2D eigenvalue weighted by atomic mass is 9.96. The Morgan fingerprint density at radius 1 is 1.07 bits per heavy atom. The molecule has 11 heteroatoms. The molecule has 224 valence electrons. The fraction of sp³-hybridized carbons (Fsp3) is 0.387. The third-order valence-electron chi connectivity index (χ3n) is 7.21. The SMILES string of the molecule is CS(=O)(=O)NC(=O)Cc1ccc(-c2ccc(CCC(OC(N)=O)[C@H](O)c3cccnc3)cc2)cc1OC1CCCCC1. The van der Waals surface area contributed by atoms with E-state index in [2.05, 4.69) is 4.98 Å². The first-order valence-electron chi connectivity index (χ1n) is 14.0. The van der Waals surface area contributed by atoms with Crippen LogP contribution in [0.5, 0.6) is 5.75 Å². The summed E-state index contributed by atoms with van der Waals surface area (Å²) in [6.45, 7) is 0. The van der Waals surface area contributed by atoms with Gasteiger partial charge in [-0.15, -0.1) is 0 Å². The van der Waals surface area contributed by atoms with E-state index in [-0.39, 0.29) is 12.5 Å². The average Bonchev–Trinajstić information content (AvgIpc) is 2.96. The van der Waals surface area contributed by atoms with Gasteiger partial charge in [-0.2, -0.15) is 0 Å². The molecule has 2 aromatic carbocycles. The van der Waals surface area contributed by atoms with Gasteiger partial charge >= 0.3 is 6.09 Å². The number of carbonyl (C=O) groups is 2. The second-order valence-corrected chi connectivity index (χ2v) is 12.4. The highest BCUT2D eigenvalue weighted by molar-refractivity contribution is 7.89. The highest BCUT2D eigenvalue weighted by atomic mass is 32.2. The van der Waals surface area contributed by atoms with Crippen molar-refractivity contribution < 1.29 is 32.6 Å². The van der Waals surface area contributed by atoms with Crippen molar-refractivity contribution in [2.24, 2.45) is 5.73 Å². The maximum Gasteiger partial charge on any atom is 0.404 e. The molecule has 4 rings (SSSR count). The number of benzene rings is 2. The molecule has 1 aromatic heterocycles. The second-order valence-electron chi connectivity index (χ2n) is 10.6. The number of sulfonamides is 1. The van der Waals surface area contributed by atoms with Crippen molar-refractivity contribution in [1.29, 1.82) is 0 Å². The van der Waals surface area contributed by atoms with Gasteiger partial charge in [0.1, 0.15) is 18.0 Å². The van der Waals surface area contributed by atoms with Gasteiger partial charge in [0.2, 0.25) is 15.9 Å². The van der Waals surface area contributed by atoms with Gasteiger partial charge in [-0.05, 0) is 67.3 Å². The third-order valence-corrected chi connectivity index (χ3v) is 7.81. The minimum Gasteiger partial charge on any atom is -0.490 e. The van der Waals surface area contributed by atoms with Crippen LogP contribution in [0.15, 0.2) is 67.0 Å². The number of rotatable bonds is 12. The number of ether oxygens (including phenoxy) is 2. The van der Waals surface area contributed by atoms with Crippen molar-refractivity contribution >= 4 is 22.0 Å². The molecule has 0 spiro atoms. The van der Waals surface area contributed by atoms with E-state index in [1.165, 1.54) is 12.6 Å². The Balaban J connectivity index is 1.49. The summed E-state index contributed by atoms with van der Waals surface area (Å²) in [7, 11) is -3.66. The first kappa shape index (κ1) is 31.0. The molecule has 1 fully saturated rings. The van der Waals surface area contributed by atoms with Crippen molar-refractivity contribution in [3.8, 4) is 16.9 Å². The summed E-state index contributed by atoms with van der Waals surface area (Å²) < 4.78 is 36.6. The number of hydrogen-bond acceptors (Lipinski definition) is 8. The normalized spacial score (nSPS) is 15.4. The Morgan fingerprint density at radius 2 is 1.79 bits per heavy atom. The number of aryl methyl sites for hydroxylation is 1. The molecule has 1 unspecified atom stereocenters. The summed E-state index contributed by atoms with van der Waals surface area (Å²) in [5.74, 6) is -0.0432. The van der Waals surface area contributed by atoms with Crippen LogP contribution in [0.1, 0.15) is 61.3 Å². The van der Waals surface area contributed by atoms with Crippen molar-refractivity contribution in [2.75, 3.05) is 6.26 Å². The zero-order chi connectivity index (χ0) is 30.1. The van der Waals surface area contributed by atoms with Gasteiger partial charge in [0.25, 0.3) is 0 Å². The first-order valence-corrected chi connectivity index (χ1v) is 15.9.